The van der Waals surface area contributed by atoms with Crippen molar-refractivity contribution in [2.45, 2.75) is 44.8 Å². The fourth-order valence-electron chi connectivity index (χ4n) is 3.00. The van der Waals surface area contributed by atoms with Crippen molar-refractivity contribution in [3.63, 3.8) is 0 Å². The number of ether oxygens (including phenoxy) is 2. The summed E-state index contributed by atoms with van der Waals surface area (Å²) in [4.78, 5) is 14.7. The highest BCUT2D eigenvalue weighted by molar-refractivity contribution is 5.85. The average Bonchev–Trinajstić information content (AvgIpc) is 2.94. The number of hydrogen-bond donors (Lipinski definition) is 1. The van der Waals surface area contributed by atoms with Crippen molar-refractivity contribution >= 4 is 5.91 Å². The van der Waals surface area contributed by atoms with Gasteiger partial charge in [0.15, 0.2) is 0 Å². The lowest BCUT2D eigenvalue weighted by atomic mass is 9.90. The first-order valence-electron chi connectivity index (χ1n) is 7.74. The first-order valence-corrected chi connectivity index (χ1v) is 7.74. The van der Waals surface area contributed by atoms with E-state index in [-0.39, 0.29) is 12.0 Å². The molecule has 116 valence electrons. The summed E-state index contributed by atoms with van der Waals surface area (Å²) in [5.41, 5.74) is -0.613. The molecule has 20 heavy (non-hydrogen) atoms. The van der Waals surface area contributed by atoms with Gasteiger partial charge in [0.25, 0.3) is 5.91 Å². The van der Waals surface area contributed by atoms with E-state index in [4.69, 9.17) is 9.47 Å². The van der Waals surface area contributed by atoms with Gasteiger partial charge in [0.1, 0.15) is 5.60 Å². The summed E-state index contributed by atoms with van der Waals surface area (Å²) < 4.78 is 11.5. The van der Waals surface area contributed by atoms with Gasteiger partial charge in [-0.1, -0.05) is 13.8 Å². The fraction of sp³-hybridized carbons (Fsp3) is 0.933. The van der Waals surface area contributed by atoms with Gasteiger partial charge in [-0.05, 0) is 38.3 Å². The second kappa shape index (κ2) is 6.87. The summed E-state index contributed by atoms with van der Waals surface area (Å²) in [5, 5.41) is 3.29. The average molecular weight is 284 g/mol. The first-order chi connectivity index (χ1) is 9.57. The second-order valence-electron chi connectivity index (χ2n) is 6.34. The lowest BCUT2D eigenvalue weighted by molar-refractivity contribution is -0.157. The lowest BCUT2D eigenvalue weighted by Crippen LogP contribution is -2.55. The van der Waals surface area contributed by atoms with Crippen LogP contribution >= 0.6 is 0 Å². The van der Waals surface area contributed by atoms with Crippen LogP contribution in [0.25, 0.3) is 0 Å². The van der Waals surface area contributed by atoms with Gasteiger partial charge >= 0.3 is 0 Å². The van der Waals surface area contributed by atoms with Crippen molar-refractivity contribution in [3.05, 3.63) is 0 Å². The second-order valence-corrected chi connectivity index (χ2v) is 6.34. The van der Waals surface area contributed by atoms with Gasteiger partial charge in [-0.25, -0.2) is 0 Å². The first kappa shape index (κ1) is 15.7. The molecule has 2 fully saturated rings. The molecule has 0 aliphatic carbocycles. The number of likely N-dealkylation sites (tertiary alicyclic amines) is 1. The molecule has 0 aromatic rings. The number of carbonyl (C=O) groups excluding carboxylic acids is 1. The zero-order chi connectivity index (χ0) is 14.6. The summed E-state index contributed by atoms with van der Waals surface area (Å²) in [6.45, 7) is 8.26. The van der Waals surface area contributed by atoms with E-state index < -0.39 is 5.60 Å². The highest BCUT2D eigenvalue weighted by atomic mass is 16.5. The van der Waals surface area contributed by atoms with Crippen LogP contribution in [0.4, 0.5) is 0 Å². The van der Waals surface area contributed by atoms with E-state index in [1.54, 1.807) is 7.11 Å². The predicted molar refractivity (Wildman–Crippen MR) is 77.6 cm³/mol. The summed E-state index contributed by atoms with van der Waals surface area (Å²) in [5.74, 6) is 0.687. The zero-order valence-corrected chi connectivity index (χ0v) is 13.0. The van der Waals surface area contributed by atoms with Crippen LogP contribution < -0.4 is 5.32 Å². The molecule has 5 heteroatoms. The summed E-state index contributed by atoms with van der Waals surface area (Å²) in [6, 6.07) is 0. The van der Waals surface area contributed by atoms with Crippen molar-refractivity contribution < 1.29 is 14.3 Å². The standard InChI is InChI=1S/C15H28N2O3/c1-12(2)11-20-13-4-9-17(10-13)14(18)15(19-3)5-7-16-8-6-15/h12-13,16H,4-11H2,1-3H3. The summed E-state index contributed by atoms with van der Waals surface area (Å²) >= 11 is 0. The molecule has 2 aliphatic heterocycles. The molecule has 1 N–H and O–H groups in total. The minimum absolute atomic E-state index is 0.150. The molecular formula is C15H28N2O3. The number of nitrogens with one attached hydrogen (secondary N) is 1. The smallest absolute Gasteiger partial charge is 0.254 e. The molecule has 1 unspecified atom stereocenters. The molecule has 2 saturated heterocycles. The van der Waals surface area contributed by atoms with E-state index in [1.807, 2.05) is 4.90 Å². The van der Waals surface area contributed by atoms with E-state index in [2.05, 4.69) is 19.2 Å². The Hall–Kier alpha value is -0.650. The lowest BCUT2D eigenvalue weighted by Gasteiger charge is -2.37. The van der Waals surface area contributed by atoms with Crippen molar-refractivity contribution in [3.8, 4) is 0 Å². The van der Waals surface area contributed by atoms with Crippen molar-refractivity contribution in [2.24, 2.45) is 5.92 Å². The van der Waals surface area contributed by atoms with Crippen molar-refractivity contribution in [2.75, 3.05) is 39.9 Å². The number of hydrogen-bond acceptors (Lipinski definition) is 4. The zero-order valence-electron chi connectivity index (χ0n) is 13.0. The van der Waals surface area contributed by atoms with Gasteiger partial charge in [0.2, 0.25) is 0 Å². The third kappa shape index (κ3) is 3.51. The Kier molecular flexibility index (Phi) is 5.41. The number of nitrogens with zero attached hydrogens (tertiary/aromatic N) is 1. The predicted octanol–water partition coefficient (Wildman–Crippen LogP) is 1.03. The van der Waals surface area contributed by atoms with Gasteiger partial charge < -0.3 is 19.7 Å². The maximum atomic E-state index is 12.8. The third-order valence-electron chi connectivity index (χ3n) is 4.29. The van der Waals surface area contributed by atoms with Gasteiger partial charge in [0.05, 0.1) is 6.10 Å². The Morgan fingerprint density at radius 2 is 2.10 bits per heavy atom. The van der Waals surface area contributed by atoms with Crippen LogP contribution in [0.5, 0.6) is 0 Å². The van der Waals surface area contributed by atoms with E-state index in [0.29, 0.717) is 12.5 Å². The molecule has 0 radical (unpaired) electrons. The minimum atomic E-state index is -0.613. The van der Waals surface area contributed by atoms with Crippen LogP contribution in [-0.4, -0.2) is 62.4 Å². The molecule has 2 heterocycles. The monoisotopic (exact) mass is 284 g/mol. The van der Waals surface area contributed by atoms with Crippen molar-refractivity contribution in [1.29, 1.82) is 0 Å². The number of carbonyl (C=O) groups is 1. The van der Waals surface area contributed by atoms with Gasteiger partial charge in [0, 0.05) is 26.8 Å². The molecule has 0 aromatic carbocycles. The number of rotatable bonds is 5. The number of methoxy groups -OCH3 is 1. The third-order valence-corrected chi connectivity index (χ3v) is 4.29. The maximum absolute atomic E-state index is 12.8. The van der Waals surface area contributed by atoms with Crippen LogP contribution in [0.15, 0.2) is 0 Å². The fourth-order valence-corrected chi connectivity index (χ4v) is 3.00. The Balaban J connectivity index is 1.89. The van der Waals surface area contributed by atoms with Crippen LogP contribution in [0, 0.1) is 5.92 Å². The SMILES string of the molecule is COC1(C(=O)N2CCC(OCC(C)C)C2)CCNCC1. The van der Waals surface area contributed by atoms with Crippen LogP contribution in [0.1, 0.15) is 33.1 Å². The minimum Gasteiger partial charge on any atom is -0.376 e. The van der Waals surface area contributed by atoms with Crippen LogP contribution in [-0.2, 0) is 14.3 Å². The summed E-state index contributed by atoms with van der Waals surface area (Å²) in [6.07, 6.45) is 2.65. The van der Waals surface area contributed by atoms with E-state index in [0.717, 1.165) is 45.5 Å². The van der Waals surface area contributed by atoms with E-state index in [9.17, 15) is 4.79 Å². The Morgan fingerprint density at radius 3 is 2.70 bits per heavy atom. The van der Waals surface area contributed by atoms with Crippen LogP contribution in [0.2, 0.25) is 0 Å². The highest BCUT2D eigenvalue weighted by Crippen LogP contribution is 2.27. The van der Waals surface area contributed by atoms with Crippen LogP contribution in [0.3, 0.4) is 0 Å². The van der Waals surface area contributed by atoms with Gasteiger partial charge in [-0.15, -0.1) is 0 Å². The topological polar surface area (TPSA) is 50.8 Å². The van der Waals surface area contributed by atoms with E-state index >= 15 is 0 Å². The number of amides is 1. The molecule has 0 bridgehead atoms. The van der Waals surface area contributed by atoms with E-state index in [1.165, 1.54) is 0 Å². The summed E-state index contributed by atoms with van der Waals surface area (Å²) in [7, 11) is 1.66. The quantitative estimate of drug-likeness (QED) is 0.819. The largest absolute Gasteiger partial charge is 0.376 e. The highest BCUT2D eigenvalue weighted by Gasteiger charge is 2.44. The molecule has 1 amide bonds. The molecule has 0 aromatic heterocycles. The molecule has 1 atom stereocenters. The maximum Gasteiger partial charge on any atom is 0.254 e. The molecule has 5 nitrogen and oxygen atoms in total. The molecule has 0 spiro atoms. The number of piperidine rings is 1. The molecule has 2 rings (SSSR count). The Bertz CT molecular complexity index is 327. The van der Waals surface area contributed by atoms with Gasteiger partial charge in [-0.3, -0.25) is 4.79 Å². The van der Waals surface area contributed by atoms with Crippen molar-refractivity contribution in [1.82, 2.24) is 10.2 Å². The molecule has 2 aliphatic rings. The molecular weight excluding hydrogens is 256 g/mol. The molecule has 0 saturated carbocycles. The van der Waals surface area contributed by atoms with Gasteiger partial charge in [-0.2, -0.15) is 0 Å². The Morgan fingerprint density at radius 1 is 1.40 bits per heavy atom. The Labute approximate surface area is 122 Å². The normalized spacial score (nSPS) is 26.2.